The number of rotatable bonds is 1. The first-order valence-electron chi connectivity index (χ1n) is 7.41. The van der Waals surface area contributed by atoms with E-state index >= 15 is 0 Å². The van der Waals surface area contributed by atoms with Gasteiger partial charge in [-0.3, -0.25) is 4.48 Å². The molecule has 0 amide bonds. The summed E-state index contributed by atoms with van der Waals surface area (Å²) in [5.74, 6) is 1.10. The van der Waals surface area contributed by atoms with Gasteiger partial charge < -0.3 is 14.4 Å². The third-order valence-electron chi connectivity index (χ3n) is 4.59. The van der Waals surface area contributed by atoms with Crippen molar-refractivity contribution in [2.24, 2.45) is 4.99 Å². The van der Waals surface area contributed by atoms with Gasteiger partial charge in [0.05, 0.1) is 33.5 Å². The number of hydrogen-bond donors (Lipinski definition) is 0. The van der Waals surface area contributed by atoms with Gasteiger partial charge in [-0.05, 0) is 0 Å². The summed E-state index contributed by atoms with van der Waals surface area (Å²) in [7, 11) is 2.28. The van der Waals surface area contributed by atoms with Gasteiger partial charge in [-0.15, -0.1) is 0 Å². The molecule has 0 radical (unpaired) electrons. The van der Waals surface area contributed by atoms with Crippen LogP contribution in [0.4, 0.5) is 0 Å². The molecule has 2 saturated heterocycles. The Morgan fingerprint density at radius 2 is 1.85 bits per heavy atom. The van der Waals surface area contributed by atoms with Gasteiger partial charge in [0.15, 0.2) is 0 Å². The van der Waals surface area contributed by atoms with E-state index in [0.717, 1.165) is 69.3 Å². The lowest BCUT2D eigenvalue weighted by Gasteiger charge is -2.46. The first-order chi connectivity index (χ1) is 9.70. The third-order valence-corrected chi connectivity index (χ3v) is 4.83. The lowest BCUT2D eigenvalue weighted by atomic mass is 10.0. The van der Waals surface area contributed by atoms with Crippen molar-refractivity contribution in [3.63, 3.8) is 0 Å². The molecular formula is C14H23ClN3O2+. The van der Waals surface area contributed by atoms with Crippen LogP contribution in [0.1, 0.15) is 12.8 Å². The third kappa shape index (κ3) is 2.72. The molecular weight excluding hydrogens is 278 g/mol. The van der Waals surface area contributed by atoms with Crippen molar-refractivity contribution in [2.45, 2.75) is 18.9 Å². The van der Waals surface area contributed by atoms with Crippen LogP contribution in [0.15, 0.2) is 16.2 Å². The summed E-state index contributed by atoms with van der Waals surface area (Å²) >= 11 is 6.18. The second-order valence-electron chi connectivity index (χ2n) is 5.83. The molecule has 112 valence electrons. The standard InChI is InChI=1S/C14H23ClN3O2/c1-18(12-3-8-19-9-4-12)7-2-13(15)16-14(18)17-5-10-20-11-6-17/h2,12H,3-11H2,1H3/q+1. The van der Waals surface area contributed by atoms with Crippen molar-refractivity contribution in [1.29, 1.82) is 0 Å². The highest BCUT2D eigenvalue weighted by Crippen LogP contribution is 2.28. The number of hydrogen-bond acceptors (Lipinski definition) is 4. The first kappa shape index (κ1) is 14.3. The van der Waals surface area contributed by atoms with E-state index in [1.807, 2.05) is 6.08 Å². The molecule has 0 spiro atoms. The molecule has 0 saturated carbocycles. The normalized spacial score (nSPS) is 32.8. The van der Waals surface area contributed by atoms with Crippen LogP contribution >= 0.6 is 11.6 Å². The molecule has 20 heavy (non-hydrogen) atoms. The summed E-state index contributed by atoms with van der Waals surface area (Å²) in [6, 6.07) is 0.561. The first-order valence-corrected chi connectivity index (χ1v) is 7.78. The lowest BCUT2D eigenvalue weighted by Crippen LogP contribution is -2.65. The second kappa shape index (κ2) is 6.02. The minimum absolute atomic E-state index is 0.561. The molecule has 6 heteroatoms. The Morgan fingerprint density at radius 3 is 2.55 bits per heavy atom. The van der Waals surface area contributed by atoms with E-state index in [-0.39, 0.29) is 0 Å². The predicted molar refractivity (Wildman–Crippen MR) is 78.7 cm³/mol. The Hall–Kier alpha value is -0.620. The maximum atomic E-state index is 6.18. The molecule has 3 heterocycles. The molecule has 5 nitrogen and oxygen atoms in total. The Morgan fingerprint density at radius 1 is 1.20 bits per heavy atom. The van der Waals surface area contributed by atoms with Gasteiger partial charge in [0.2, 0.25) is 0 Å². The summed E-state index contributed by atoms with van der Waals surface area (Å²) in [6.45, 7) is 5.97. The molecule has 1 atom stereocenters. The molecule has 0 aromatic carbocycles. The highest BCUT2D eigenvalue weighted by Gasteiger charge is 2.43. The van der Waals surface area contributed by atoms with Crippen LogP contribution in [0.25, 0.3) is 0 Å². The van der Waals surface area contributed by atoms with Gasteiger partial charge in [-0.25, -0.2) is 0 Å². The summed E-state index contributed by atoms with van der Waals surface area (Å²) < 4.78 is 11.8. The van der Waals surface area contributed by atoms with E-state index < -0.39 is 0 Å². The summed E-state index contributed by atoms with van der Waals surface area (Å²) in [5, 5.41) is 0.620. The number of morpholine rings is 1. The van der Waals surface area contributed by atoms with Gasteiger partial charge in [-0.1, -0.05) is 11.6 Å². The van der Waals surface area contributed by atoms with Gasteiger partial charge in [0.1, 0.15) is 17.7 Å². The molecule has 0 aromatic heterocycles. The molecule has 3 aliphatic heterocycles. The Bertz CT molecular complexity index is 415. The van der Waals surface area contributed by atoms with Crippen molar-refractivity contribution in [2.75, 3.05) is 53.1 Å². The molecule has 0 aliphatic carbocycles. The Kier molecular flexibility index (Phi) is 4.31. The molecule has 2 fully saturated rings. The fourth-order valence-corrected chi connectivity index (χ4v) is 3.47. The molecule has 3 rings (SSSR count). The molecule has 0 aromatic rings. The zero-order chi connectivity index (χ0) is 14.0. The van der Waals surface area contributed by atoms with Crippen LogP contribution < -0.4 is 0 Å². The van der Waals surface area contributed by atoms with Crippen LogP contribution in [0.2, 0.25) is 0 Å². The SMILES string of the molecule is C[N+]1(C2CCOCC2)CC=C(Cl)N=C1N1CCOCC1. The number of likely N-dealkylation sites (N-methyl/N-ethyl adjacent to an activating group) is 1. The monoisotopic (exact) mass is 300 g/mol. The van der Waals surface area contributed by atoms with Crippen molar-refractivity contribution in [3.8, 4) is 0 Å². The van der Waals surface area contributed by atoms with Crippen LogP contribution in [0.5, 0.6) is 0 Å². The van der Waals surface area contributed by atoms with E-state index in [1.165, 1.54) is 0 Å². The molecule has 0 bridgehead atoms. The molecule has 0 N–H and O–H groups in total. The second-order valence-corrected chi connectivity index (χ2v) is 6.22. The maximum absolute atomic E-state index is 6.18. The molecule has 1 unspecified atom stereocenters. The van der Waals surface area contributed by atoms with Crippen molar-refractivity contribution >= 4 is 17.6 Å². The van der Waals surface area contributed by atoms with Gasteiger partial charge in [0.25, 0.3) is 0 Å². The number of guanidine groups is 1. The van der Waals surface area contributed by atoms with Gasteiger partial charge in [-0.2, -0.15) is 4.99 Å². The van der Waals surface area contributed by atoms with E-state index in [9.17, 15) is 0 Å². The number of aliphatic imine (C=N–C) groups is 1. The molecule has 3 aliphatic rings. The quantitative estimate of drug-likeness (QED) is 0.542. The topological polar surface area (TPSA) is 34.1 Å². The average Bonchev–Trinajstić information content (AvgIpc) is 2.51. The van der Waals surface area contributed by atoms with Crippen LogP contribution in [-0.4, -0.2) is 74.5 Å². The highest BCUT2D eigenvalue weighted by molar-refractivity contribution is 6.30. The smallest absolute Gasteiger partial charge is 0.306 e. The summed E-state index contributed by atoms with van der Waals surface area (Å²) in [5.41, 5.74) is 0. The van der Waals surface area contributed by atoms with Gasteiger partial charge in [0, 0.05) is 32.0 Å². The minimum Gasteiger partial charge on any atom is -0.381 e. The minimum atomic E-state index is 0.561. The summed E-state index contributed by atoms with van der Waals surface area (Å²) in [4.78, 5) is 7.02. The zero-order valence-electron chi connectivity index (χ0n) is 12.1. The van der Waals surface area contributed by atoms with Crippen molar-refractivity contribution < 1.29 is 14.0 Å². The van der Waals surface area contributed by atoms with E-state index in [1.54, 1.807) is 0 Å². The van der Waals surface area contributed by atoms with Crippen molar-refractivity contribution in [1.82, 2.24) is 4.90 Å². The lowest BCUT2D eigenvalue weighted by molar-refractivity contribution is -0.850. The summed E-state index contributed by atoms with van der Waals surface area (Å²) in [6.07, 6.45) is 4.22. The van der Waals surface area contributed by atoms with E-state index in [2.05, 4.69) is 16.9 Å². The Labute approximate surface area is 125 Å². The van der Waals surface area contributed by atoms with E-state index in [4.69, 9.17) is 21.1 Å². The van der Waals surface area contributed by atoms with Gasteiger partial charge >= 0.3 is 5.96 Å². The number of quaternary nitrogens is 1. The predicted octanol–water partition coefficient (Wildman–Crippen LogP) is 1.39. The average molecular weight is 301 g/mol. The fourth-order valence-electron chi connectivity index (χ4n) is 3.33. The fraction of sp³-hybridized carbons (Fsp3) is 0.786. The highest BCUT2D eigenvalue weighted by atomic mass is 35.5. The maximum Gasteiger partial charge on any atom is 0.306 e. The van der Waals surface area contributed by atoms with Crippen LogP contribution in [0.3, 0.4) is 0 Å². The van der Waals surface area contributed by atoms with Crippen molar-refractivity contribution in [3.05, 3.63) is 11.2 Å². The van der Waals surface area contributed by atoms with Crippen LogP contribution in [-0.2, 0) is 9.47 Å². The number of halogens is 1. The Balaban J connectivity index is 1.85. The number of nitrogens with zero attached hydrogens (tertiary/aromatic N) is 3. The number of ether oxygens (including phenoxy) is 2. The van der Waals surface area contributed by atoms with Crippen LogP contribution in [0, 0.1) is 0 Å². The largest absolute Gasteiger partial charge is 0.381 e. The zero-order valence-corrected chi connectivity index (χ0v) is 12.8. The van der Waals surface area contributed by atoms with E-state index in [0.29, 0.717) is 11.2 Å².